The van der Waals surface area contributed by atoms with Crippen molar-refractivity contribution in [2.75, 3.05) is 32.8 Å². The van der Waals surface area contributed by atoms with E-state index in [1.54, 1.807) is 12.3 Å². The largest absolute Gasteiger partial charge is 0.379 e. The number of ether oxygens (including phenoxy) is 1. The lowest BCUT2D eigenvalue weighted by Crippen LogP contribution is -2.52. The van der Waals surface area contributed by atoms with Gasteiger partial charge >= 0.3 is 0 Å². The van der Waals surface area contributed by atoms with E-state index in [1.165, 1.54) is 4.68 Å². The lowest BCUT2D eigenvalue weighted by molar-refractivity contribution is 0.00190. The van der Waals surface area contributed by atoms with Gasteiger partial charge in [-0.25, -0.2) is 4.68 Å². The van der Waals surface area contributed by atoms with Crippen LogP contribution < -0.4 is 5.32 Å². The van der Waals surface area contributed by atoms with Gasteiger partial charge in [0.15, 0.2) is 5.69 Å². The van der Waals surface area contributed by atoms with Gasteiger partial charge in [0.25, 0.3) is 5.91 Å². The smallest absolute Gasteiger partial charge is 0.273 e. The van der Waals surface area contributed by atoms with Crippen LogP contribution in [0.15, 0.2) is 30.5 Å². The Morgan fingerprint density at radius 1 is 1.25 bits per heavy atom. The van der Waals surface area contributed by atoms with Crippen LogP contribution in [0.5, 0.6) is 0 Å². The molecule has 1 saturated heterocycles. The Labute approximate surface area is 171 Å². The van der Waals surface area contributed by atoms with Crippen LogP contribution in [0.25, 0.3) is 5.69 Å². The molecule has 0 aliphatic carbocycles. The second-order valence-corrected chi connectivity index (χ2v) is 7.41. The molecule has 2 heterocycles. The molecule has 7 nitrogen and oxygen atoms in total. The molecule has 0 radical (unpaired) electrons. The molecule has 1 unspecified atom stereocenters. The molecule has 1 aromatic carbocycles. The Bertz CT molecular complexity index is 771. The van der Waals surface area contributed by atoms with Crippen molar-refractivity contribution in [3.05, 3.63) is 41.2 Å². The van der Waals surface area contributed by atoms with E-state index in [9.17, 15) is 4.79 Å². The van der Waals surface area contributed by atoms with Gasteiger partial charge in [-0.3, -0.25) is 9.69 Å². The lowest BCUT2D eigenvalue weighted by Gasteiger charge is -2.38. The molecule has 152 valence electrons. The number of rotatable bonds is 8. The number of aromatic nitrogens is 3. The summed E-state index contributed by atoms with van der Waals surface area (Å²) < 4.78 is 7.01. The highest BCUT2D eigenvalue weighted by Crippen LogP contribution is 2.20. The summed E-state index contributed by atoms with van der Waals surface area (Å²) in [6.07, 6.45) is 3.77. The van der Waals surface area contributed by atoms with Crippen molar-refractivity contribution in [3.8, 4) is 5.69 Å². The Morgan fingerprint density at radius 2 is 1.96 bits per heavy atom. The molecule has 1 fully saturated rings. The molecule has 0 spiro atoms. The van der Waals surface area contributed by atoms with Crippen LogP contribution in [-0.2, 0) is 4.74 Å². The predicted molar refractivity (Wildman–Crippen MR) is 109 cm³/mol. The number of carbonyl (C=O) groups excluding carboxylic acids is 1. The number of nitrogens with one attached hydrogen (secondary N) is 1. The zero-order valence-electron chi connectivity index (χ0n) is 16.5. The normalized spacial score (nSPS) is 16.3. The van der Waals surface area contributed by atoms with Crippen LogP contribution in [-0.4, -0.2) is 64.7 Å². The van der Waals surface area contributed by atoms with E-state index in [4.69, 9.17) is 16.3 Å². The second-order valence-electron chi connectivity index (χ2n) is 7.00. The van der Waals surface area contributed by atoms with E-state index in [2.05, 4.69) is 34.4 Å². The first-order chi connectivity index (χ1) is 13.6. The summed E-state index contributed by atoms with van der Waals surface area (Å²) in [5, 5.41) is 11.7. The number of para-hydroxylation sites is 1. The van der Waals surface area contributed by atoms with Crippen molar-refractivity contribution in [3.63, 3.8) is 0 Å². The fourth-order valence-corrected chi connectivity index (χ4v) is 3.97. The second kappa shape index (κ2) is 10.0. The van der Waals surface area contributed by atoms with E-state index in [0.29, 0.717) is 29.2 Å². The van der Waals surface area contributed by atoms with E-state index < -0.39 is 0 Å². The maximum atomic E-state index is 12.7. The molecule has 0 bridgehead atoms. The third kappa shape index (κ3) is 4.90. The Hall–Kier alpha value is -1.96. The molecule has 1 aliphatic heterocycles. The molecule has 28 heavy (non-hydrogen) atoms. The molecular formula is C20H28ClN5O2. The van der Waals surface area contributed by atoms with Gasteiger partial charge in [-0.05, 0) is 18.1 Å². The molecule has 0 saturated carbocycles. The third-order valence-corrected chi connectivity index (χ3v) is 5.72. The van der Waals surface area contributed by atoms with Crippen LogP contribution in [0, 0.1) is 5.92 Å². The highest BCUT2D eigenvalue weighted by molar-refractivity contribution is 6.32. The standard InChI is InChI=1S/C20H28ClN5O2/c1-3-15(4-2)19(25-9-11-28-12-10-25)13-22-20(27)17-14-26(24-23-17)18-8-6-5-7-16(18)21/h5-8,14-15,19H,3-4,9-13H2,1-2H3,(H,22,27). The first-order valence-corrected chi connectivity index (χ1v) is 10.3. The summed E-state index contributed by atoms with van der Waals surface area (Å²) in [4.78, 5) is 15.1. The van der Waals surface area contributed by atoms with Crippen molar-refractivity contribution in [1.82, 2.24) is 25.2 Å². The first kappa shape index (κ1) is 20.8. The first-order valence-electron chi connectivity index (χ1n) is 9.91. The Kier molecular flexibility index (Phi) is 7.42. The molecule has 1 aromatic heterocycles. The summed E-state index contributed by atoms with van der Waals surface area (Å²) in [6.45, 7) is 8.30. The van der Waals surface area contributed by atoms with Crippen molar-refractivity contribution in [2.24, 2.45) is 5.92 Å². The van der Waals surface area contributed by atoms with E-state index in [0.717, 1.165) is 39.1 Å². The molecule has 3 rings (SSSR count). The lowest BCUT2D eigenvalue weighted by atomic mass is 9.92. The van der Waals surface area contributed by atoms with Crippen LogP contribution in [0.1, 0.15) is 37.2 Å². The minimum atomic E-state index is -0.220. The van der Waals surface area contributed by atoms with Crippen molar-refractivity contribution in [2.45, 2.75) is 32.7 Å². The van der Waals surface area contributed by atoms with Crippen molar-refractivity contribution < 1.29 is 9.53 Å². The summed E-state index contributed by atoms with van der Waals surface area (Å²) in [5.41, 5.74) is 0.976. The quantitative estimate of drug-likeness (QED) is 0.731. The van der Waals surface area contributed by atoms with Gasteiger partial charge in [0.05, 0.1) is 30.1 Å². The third-order valence-electron chi connectivity index (χ3n) is 5.40. The van der Waals surface area contributed by atoms with Gasteiger partial charge < -0.3 is 10.1 Å². The number of amides is 1. The molecule has 1 aliphatic rings. The molecule has 1 N–H and O–H groups in total. The van der Waals surface area contributed by atoms with Crippen LogP contribution >= 0.6 is 11.6 Å². The predicted octanol–water partition coefficient (Wildman–Crippen LogP) is 2.79. The maximum absolute atomic E-state index is 12.7. The number of carbonyl (C=O) groups is 1. The van der Waals surface area contributed by atoms with Gasteiger partial charge in [-0.2, -0.15) is 0 Å². The SMILES string of the molecule is CCC(CC)C(CNC(=O)c1cn(-c2ccccc2Cl)nn1)N1CCOCC1. The van der Waals surface area contributed by atoms with Gasteiger partial charge in [0, 0.05) is 25.7 Å². The average Bonchev–Trinajstić information content (AvgIpc) is 3.22. The zero-order valence-corrected chi connectivity index (χ0v) is 17.2. The highest BCUT2D eigenvalue weighted by Gasteiger charge is 2.27. The van der Waals surface area contributed by atoms with Crippen molar-refractivity contribution in [1.29, 1.82) is 0 Å². The number of nitrogens with zero attached hydrogens (tertiary/aromatic N) is 4. The number of benzene rings is 1. The molecule has 1 amide bonds. The maximum Gasteiger partial charge on any atom is 0.273 e. The summed E-state index contributed by atoms with van der Waals surface area (Å²) in [5.74, 6) is 0.305. The van der Waals surface area contributed by atoms with Gasteiger partial charge in [0.2, 0.25) is 0 Å². The topological polar surface area (TPSA) is 72.3 Å². The summed E-state index contributed by atoms with van der Waals surface area (Å²) >= 11 is 6.20. The van der Waals surface area contributed by atoms with Crippen molar-refractivity contribution >= 4 is 17.5 Å². The Balaban J connectivity index is 1.66. The minimum Gasteiger partial charge on any atom is -0.379 e. The molecule has 1 atom stereocenters. The number of morpholine rings is 1. The zero-order chi connectivity index (χ0) is 19.9. The number of hydrogen-bond acceptors (Lipinski definition) is 5. The van der Waals surface area contributed by atoms with E-state index in [-0.39, 0.29) is 11.6 Å². The van der Waals surface area contributed by atoms with Gasteiger partial charge in [-0.15, -0.1) is 5.10 Å². The van der Waals surface area contributed by atoms with Gasteiger partial charge in [0.1, 0.15) is 0 Å². The Morgan fingerprint density at radius 3 is 2.64 bits per heavy atom. The summed E-state index contributed by atoms with van der Waals surface area (Å²) in [7, 11) is 0. The fourth-order valence-electron chi connectivity index (χ4n) is 3.75. The average molecular weight is 406 g/mol. The number of halogens is 1. The van der Waals surface area contributed by atoms with E-state index in [1.807, 2.05) is 18.2 Å². The van der Waals surface area contributed by atoms with Crippen LogP contribution in [0.3, 0.4) is 0 Å². The molecular weight excluding hydrogens is 378 g/mol. The van der Waals surface area contributed by atoms with Gasteiger partial charge in [-0.1, -0.05) is 55.6 Å². The van der Waals surface area contributed by atoms with Crippen LogP contribution in [0.4, 0.5) is 0 Å². The van der Waals surface area contributed by atoms with Crippen LogP contribution in [0.2, 0.25) is 5.02 Å². The van der Waals surface area contributed by atoms with E-state index >= 15 is 0 Å². The highest BCUT2D eigenvalue weighted by atomic mass is 35.5. The fraction of sp³-hybridized carbons (Fsp3) is 0.550. The molecule has 8 heteroatoms. The monoisotopic (exact) mass is 405 g/mol. The molecule has 2 aromatic rings. The minimum absolute atomic E-state index is 0.220. The summed E-state index contributed by atoms with van der Waals surface area (Å²) in [6, 6.07) is 7.62. The number of hydrogen-bond donors (Lipinski definition) is 1.